The van der Waals surface area contributed by atoms with Crippen molar-refractivity contribution in [3.05, 3.63) is 0 Å². The van der Waals surface area contributed by atoms with Crippen LogP contribution in [0, 0.1) is 35.0 Å². The van der Waals surface area contributed by atoms with Gasteiger partial charge in [0.1, 0.15) is 0 Å². The Bertz CT molecular complexity index is 527. The minimum absolute atomic E-state index is 0.266. The van der Waals surface area contributed by atoms with E-state index in [2.05, 4.69) is 27.7 Å². The Morgan fingerprint density at radius 3 is 2.17 bits per heavy atom. The van der Waals surface area contributed by atoms with Crippen LogP contribution >= 0.6 is 0 Å². The third kappa shape index (κ3) is 6.21. The molecule has 2 aliphatic carbocycles. The fourth-order valence-electron chi connectivity index (χ4n) is 6.10. The van der Waals surface area contributed by atoms with Crippen molar-refractivity contribution in [2.45, 2.75) is 105 Å². The zero-order chi connectivity index (χ0) is 21.4. The Balaban J connectivity index is 2.01. The molecule has 5 atom stereocenters. The zero-order valence-electron chi connectivity index (χ0n) is 19.3. The van der Waals surface area contributed by atoms with Gasteiger partial charge in [0.05, 0.1) is 18.4 Å². The van der Waals surface area contributed by atoms with Gasteiger partial charge in [-0.15, -0.1) is 0 Å². The van der Waals surface area contributed by atoms with Gasteiger partial charge in [-0.05, 0) is 61.7 Å². The number of unbranched alkanes of at least 4 members (excludes halogenated alkanes) is 2. The molecule has 0 aromatic rings. The van der Waals surface area contributed by atoms with Gasteiger partial charge in [-0.1, -0.05) is 66.2 Å². The Morgan fingerprint density at radius 1 is 0.931 bits per heavy atom. The summed E-state index contributed by atoms with van der Waals surface area (Å²) < 4.78 is 5.82. The molecule has 0 saturated heterocycles. The van der Waals surface area contributed by atoms with Gasteiger partial charge in [-0.3, -0.25) is 9.59 Å². The molecule has 0 heterocycles. The summed E-state index contributed by atoms with van der Waals surface area (Å²) in [6.07, 6.45) is 12.9. The summed E-state index contributed by atoms with van der Waals surface area (Å²) in [7, 11) is 0. The van der Waals surface area contributed by atoms with Gasteiger partial charge in [-0.25, -0.2) is 0 Å². The average Bonchev–Trinajstić information content (AvgIpc) is 2.70. The molecule has 0 radical (unpaired) electrons. The third-order valence-electron chi connectivity index (χ3n) is 8.06. The van der Waals surface area contributed by atoms with Crippen molar-refractivity contribution in [3.8, 4) is 0 Å². The first kappa shape index (κ1) is 24.2. The molecule has 0 aromatic carbocycles. The van der Waals surface area contributed by atoms with Crippen molar-refractivity contribution >= 4 is 11.9 Å². The molecule has 0 amide bonds. The number of aliphatic carboxylic acids is 1. The largest absolute Gasteiger partial charge is 0.481 e. The first-order chi connectivity index (χ1) is 13.8. The van der Waals surface area contributed by atoms with Crippen LogP contribution < -0.4 is 0 Å². The van der Waals surface area contributed by atoms with Crippen LogP contribution in [0.1, 0.15) is 105 Å². The Kier molecular flexibility index (Phi) is 9.49. The number of carboxylic acids is 1. The zero-order valence-corrected chi connectivity index (χ0v) is 19.3. The van der Waals surface area contributed by atoms with E-state index in [4.69, 9.17) is 4.74 Å². The van der Waals surface area contributed by atoms with Crippen molar-refractivity contribution in [2.24, 2.45) is 35.0 Å². The van der Waals surface area contributed by atoms with Gasteiger partial charge < -0.3 is 9.84 Å². The van der Waals surface area contributed by atoms with Crippen molar-refractivity contribution in [1.82, 2.24) is 0 Å². The smallest absolute Gasteiger partial charge is 0.309 e. The molecule has 4 heteroatoms. The minimum Gasteiger partial charge on any atom is -0.481 e. The lowest BCUT2D eigenvalue weighted by molar-refractivity contribution is -0.162. The highest BCUT2D eigenvalue weighted by Crippen LogP contribution is 2.51. The summed E-state index contributed by atoms with van der Waals surface area (Å²) in [6, 6.07) is 0. The van der Waals surface area contributed by atoms with Crippen LogP contribution in [0.2, 0.25) is 0 Å². The van der Waals surface area contributed by atoms with Gasteiger partial charge in [0, 0.05) is 0 Å². The number of carbonyl (C=O) groups is 2. The van der Waals surface area contributed by atoms with Crippen molar-refractivity contribution in [2.75, 3.05) is 6.61 Å². The number of hydrogen-bond donors (Lipinski definition) is 1. The van der Waals surface area contributed by atoms with Crippen molar-refractivity contribution in [1.29, 1.82) is 0 Å². The monoisotopic (exact) mass is 408 g/mol. The average molecular weight is 409 g/mol. The predicted octanol–water partition coefficient (Wildman–Crippen LogP) is 6.47. The second kappa shape index (κ2) is 11.4. The van der Waals surface area contributed by atoms with Crippen molar-refractivity contribution < 1.29 is 19.4 Å². The highest BCUT2D eigenvalue weighted by Gasteiger charge is 2.45. The molecule has 1 N–H and O–H groups in total. The summed E-state index contributed by atoms with van der Waals surface area (Å²) in [5.74, 6) is -0.386. The maximum Gasteiger partial charge on any atom is 0.309 e. The maximum atomic E-state index is 12.8. The summed E-state index contributed by atoms with van der Waals surface area (Å²) in [6.45, 7) is 9.85. The molecule has 168 valence electrons. The molecule has 4 nitrogen and oxygen atoms in total. The van der Waals surface area contributed by atoms with E-state index in [9.17, 15) is 14.7 Å². The molecule has 0 aliphatic heterocycles. The fraction of sp³-hybridized carbons (Fsp3) is 0.920. The predicted molar refractivity (Wildman–Crippen MR) is 117 cm³/mol. The SMILES string of the molecule is CCCCC1CCC(COC(=O)C2CCCCC2C(=O)O)C(CCCC)C1(C)C. The van der Waals surface area contributed by atoms with Crippen LogP contribution in [0.3, 0.4) is 0 Å². The fourth-order valence-corrected chi connectivity index (χ4v) is 6.10. The first-order valence-electron chi connectivity index (χ1n) is 12.2. The molecule has 2 rings (SSSR count). The minimum atomic E-state index is -0.843. The number of hydrogen-bond acceptors (Lipinski definition) is 3. The Morgan fingerprint density at radius 2 is 1.55 bits per heavy atom. The van der Waals surface area contributed by atoms with Crippen LogP contribution in [0.25, 0.3) is 0 Å². The van der Waals surface area contributed by atoms with E-state index in [1.54, 1.807) is 0 Å². The van der Waals surface area contributed by atoms with Crippen LogP contribution in [0.15, 0.2) is 0 Å². The lowest BCUT2D eigenvalue weighted by Crippen LogP contribution is -2.44. The second-order valence-electron chi connectivity index (χ2n) is 10.2. The topological polar surface area (TPSA) is 63.6 Å². The van der Waals surface area contributed by atoms with Gasteiger partial charge in [-0.2, -0.15) is 0 Å². The number of carboxylic acid groups (broad SMARTS) is 1. The van der Waals surface area contributed by atoms with E-state index < -0.39 is 17.8 Å². The van der Waals surface area contributed by atoms with Crippen LogP contribution in [-0.2, 0) is 14.3 Å². The molecule has 29 heavy (non-hydrogen) atoms. The maximum absolute atomic E-state index is 12.8. The van der Waals surface area contributed by atoms with Crippen molar-refractivity contribution in [3.63, 3.8) is 0 Å². The Hall–Kier alpha value is -1.06. The molecule has 2 fully saturated rings. The molecule has 2 aliphatic rings. The quantitative estimate of drug-likeness (QED) is 0.421. The van der Waals surface area contributed by atoms with E-state index in [1.807, 2.05) is 0 Å². The van der Waals surface area contributed by atoms with Gasteiger partial charge in [0.15, 0.2) is 0 Å². The highest BCUT2D eigenvalue weighted by atomic mass is 16.5. The highest BCUT2D eigenvalue weighted by molar-refractivity contribution is 5.81. The van der Waals surface area contributed by atoms with E-state index in [1.165, 1.54) is 44.9 Å². The lowest BCUT2D eigenvalue weighted by atomic mass is 9.56. The lowest BCUT2D eigenvalue weighted by Gasteiger charge is -2.50. The number of carbonyl (C=O) groups excluding carboxylic acids is 1. The van der Waals surface area contributed by atoms with Crippen LogP contribution in [0.4, 0.5) is 0 Å². The first-order valence-corrected chi connectivity index (χ1v) is 12.2. The molecule has 0 aromatic heterocycles. The molecular formula is C25H44O4. The molecular weight excluding hydrogens is 364 g/mol. The summed E-state index contributed by atoms with van der Waals surface area (Å²) in [4.78, 5) is 24.3. The van der Waals surface area contributed by atoms with E-state index in [-0.39, 0.29) is 11.4 Å². The van der Waals surface area contributed by atoms with Gasteiger partial charge >= 0.3 is 11.9 Å². The molecule has 0 bridgehead atoms. The van der Waals surface area contributed by atoms with Gasteiger partial charge in [0.2, 0.25) is 0 Å². The summed E-state index contributed by atoms with van der Waals surface area (Å²) >= 11 is 0. The number of ether oxygens (including phenoxy) is 1. The van der Waals surface area contributed by atoms with E-state index in [0.29, 0.717) is 31.3 Å². The van der Waals surface area contributed by atoms with Crippen LogP contribution in [-0.4, -0.2) is 23.7 Å². The third-order valence-corrected chi connectivity index (χ3v) is 8.06. The number of rotatable bonds is 10. The summed E-state index contributed by atoms with van der Waals surface area (Å²) in [5, 5.41) is 9.47. The second-order valence-corrected chi connectivity index (χ2v) is 10.2. The molecule has 2 saturated carbocycles. The normalized spacial score (nSPS) is 31.9. The molecule has 5 unspecified atom stereocenters. The van der Waals surface area contributed by atoms with E-state index >= 15 is 0 Å². The Labute approximate surface area is 178 Å². The summed E-state index contributed by atoms with van der Waals surface area (Å²) in [5.41, 5.74) is 0.272. The molecule has 0 spiro atoms. The van der Waals surface area contributed by atoms with E-state index in [0.717, 1.165) is 25.2 Å². The van der Waals surface area contributed by atoms with Crippen LogP contribution in [0.5, 0.6) is 0 Å². The standard InChI is InChI=1S/C25H44O4/c1-5-7-11-19-16-15-18(22(14-8-6-2)25(19,3)4)17-29-24(28)21-13-10-9-12-20(21)23(26)27/h18-22H,5-17H2,1-4H3,(H,26,27). The number of esters is 1. The van der Waals surface area contributed by atoms with Gasteiger partial charge in [0.25, 0.3) is 0 Å².